The largest absolute Gasteiger partial charge is 0.268 e. The summed E-state index contributed by atoms with van der Waals surface area (Å²) in [5.41, 5.74) is 3.34. The molecule has 14 heavy (non-hydrogen) atoms. The van der Waals surface area contributed by atoms with E-state index in [2.05, 4.69) is 16.1 Å². The topological polar surface area (TPSA) is 30.7 Å². The first-order chi connectivity index (χ1) is 6.75. The van der Waals surface area contributed by atoms with Crippen LogP contribution in [0.15, 0.2) is 30.6 Å². The van der Waals surface area contributed by atoms with Crippen molar-refractivity contribution in [3.05, 3.63) is 47.5 Å². The van der Waals surface area contributed by atoms with Gasteiger partial charge in [-0.2, -0.15) is 5.10 Å². The standard InChI is InChI=1S/C11H13N3/c1-9-5-7-14(13-9)8-11-4-3-6-12-10(11)2/h3-7H,8H2,1-2H3. The van der Waals surface area contributed by atoms with Crippen LogP contribution in [0.2, 0.25) is 0 Å². The van der Waals surface area contributed by atoms with Crippen LogP contribution >= 0.6 is 0 Å². The van der Waals surface area contributed by atoms with E-state index in [-0.39, 0.29) is 0 Å². The molecule has 0 aliphatic rings. The van der Waals surface area contributed by atoms with Gasteiger partial charge in [0.2, 0.25) is 0 Å². The normalized spacial score (nSPS) is 10.4. The van der Waals surface area contributed by atoms with Gasteiger partial charge in [0.05, 0.1) is 12.2 Å². The van der Waals surface area contributed by atoms with Crippen LogP contribution in [0.5, 0.6) is 0 Å². The minimum Gasteiger partial charge on any atom is -0.268 e. The Morgan fingerprint density at radius 1 is 1.29 bits per heavy atom. The fourth-order valence-corrected chi connectivity index (χ4v) is 1.41. The van der Waals surface area contributed by atoms with E-state index in [9.17, 15) is 0 Å². The number of aryl methyl sites for hydroxylation is 2. The van der Waals surface area contributed by atoms with Gasteiger partial charge in [0, 0.05) is 18.1 Å². The Labute approximate surface area is 83.4 Å². The van der Waals surface area contributed by atoms with Crippen LogP contribution in [0.3, 0.4) is 0 Å². The lowest BCUT2D eigenvalue weighted by Gasteiger charge is -2.04. The lowest BCUT2D eigenvalue weighted by atomic mass is 10.2. The van der Waals surface area contributed by atoms with E-state index < -0.39 is 0 Å². The molecule has 0 aliphatic carbocycles. The average Bonchev–Trinajstić information content (AvgIpc) is 2.56. The Hall–Kier alpha value is -1.64. The van der Waals surface area contributed by atoms with Crippen LogP contribution in [-0.2, 0) is 6.54 Å². The zero-order valence-electron chi connectivity index (χ0n) is 8.44. The van der Waals surface area contributed by atoms with Crippen molar-refractivity contribution >= 4 is 0 Å². The second-order valence-corrected chi connectivity index (χ2v) is 3.40. The lowest BCUT2D eigenvalue weighted by molar-refractivity contribution is 0.674. The molecule has 2 aromatic heterocycles. The summed E-state index contributed by atoms with van der Waals surface area (Å²) in [7, 11) is 0. The molecule has 2 aromatic rings. The van der Waals surface area contributed by atoms with Crippen molar-refractivity contribution in [2.75, 3.05) is 0 Å². The fourth-order valence-electron chi connectivity index (χ4n) is 1.41. The van der Waals surface area contributed by atoms with Crippen LogP contribution in [0.25, 0.3) is 0 Å². The van der Waals surface area contributed by atoms with E-state index in [1.807, 2.05) is 43.1 Å². The van der Waals surface area contributed by atoms with Gasteiger partial charge in [-0.1, -0.05) is 6.07 Å². The van der Waals surface area contributed by atoms with Gasteiger partial charge >= 0.3 is 0 Å². The highest BCUT2D eigenvalue weighted by atomic mass is 15.3. The van der Waals surface area contributed by atoms with Crippen molar-refractivity contribution < 1.29 is 0 Å². The minimum atomic E-state index is 0.799. The SMILES string of the molecule is Cc1ccn(Cc2cccnc2C)n1. The summed E-state index contributed by atoms with van der Waals surface area (Å²) in [4.78, 5) is 4.24. The van der Waals surface area contributed by atoms with E-state index >= 15 is 0 Å². The molecule has 0 radical (unpaired) electrons. The molecule has 0 saturated heterocycles. The quantitative estimate of drug-likeness (QED) is 0.719. The Balaban J connectivity index is 2.23. The van der Waals surface area contributed by atoms with Crippen LogP contribution < -0.4 is 0 Å². The predicted octanol–water partition coefficient (Wildman–Crippen LogP) is 1.94. The van der Waals surface area contributed by atoms with E-state index in [4.69, 9.17) is 0 Å². The van der Waals surface area contributed by atoms with E-state index in [1.54, 1.807) is 0 Å². The van der Waals surface area contributed by atoms with Gasteiger partial charge in [-0.15, -0.1) is 0 Å². The molecule has 72 valence electrons. The molecule has 0 amide bonds. The van der Waals surface area contributed by atoms with Gasteiger partial charge in [0.15, 0.2) is 0 Å². The summed E-state index contributed by atoms with van der Waals surface area (Å²) in [5, 5.41) is 4.34. The van der Waals surface area contributed by atoms with Gasteiger partial charge in [0.25, 0.3) is 0 Å². The zero-order chi connectivity index (χ0) is 9.97. The first-order valence-electron chi connectivity index (χ1n) is 4.66. The number of nitrogens with zero attached hydrogens (tertiary/aromatic N) is 3. The van der Waals surface area contributed by atoms with E-state index in [0.29, 0.717) is 0 Å². The third-order valence-electron chi connectivity index (χ3n) is 2.22. The van der Waals surface area contributed by atoms with Gasteiger partial charge in [-0.05, 0) is 31.5 Å². The second-order valence-electron chi connectivity index (χ2n) is 3.40. The smallest absolute Gasteiger partial charge is 0.0677 e. The first kappa shape index (κ1) is 8.94. The monoisotopic (exact) mass is 187 g/mol. The molecule has 0 aliphatic heterocycles. The van der Waals surface area contributed by atoms with Crippen molar-refractivity contribution in [3.8, 4) is 0 Å². The summed E-state index contributed by atoms with van der Waals surface area (Å²) in [6.45, 7) is 4.81. The van der Waals surface area contributed by atoms with E-state index in [0.717, 1.165) is 17.9 Å². The Kier molecular flexibility index (Phi) is 2.31. The highest BCUT2D eigenvalue weighted by Crippen LogP contribution is 2.06. The third kappa shape index (κ3) is 1.82. The molecular formula is C11H13N3. The molecule has 0 fully saturated rings. The van der Waals surface area contributed by atoms with Gasteiger partial charge in [-0.25, -0.2) is 0 Å². The summed E-state index contributed by atoms with van der Waals surface area (Å²) in [6.07, 6.45) is 3.80. The fraction of sp³-hybridized carbons (Fsp3) is 0.273. The second kappa shape index (κ2) is 3.62. The van der Waals surface area contributed by atoms with Gasteiger partial charge < -0.3 is 0 Å². The first-order valence-corrected chi connectivity index (χ1v) is 4.66. The Morgan fingerprint density at radius 2 is 2.14 bits per heavy atom. The minimum absolute atomic E-state index is 0.799. The molecule has 3 nitrogen and oxygen atoms in total. The van der Waals surface area contributed by atoms with Crippen LogP contribution in [0.4, 0.5) is 0 Å². The summed E-state index contributed by atoms with van der Waals surface area (Å²) in [5.74, 6) is 0. The number of hydrogen-bond donors (Lipinski definition) is 0. The molecule has 3 heteroatoms. The van der Waals surface area contributed by atoms with Crippen LogP contribution in [0.1, 0.15) is 17.0 Å². The van der Waals surface area contributed by atoms with Gasteiger partial charge in [-0.3, -0.25) is 9.67 Å². The Bertz CT molecular complexity index is 432. The van der Waals surface area contributed by atoms with Crippen molar-refractivity contribution in [2.45, 2.75) is 20.4 Å². The zero-order valence-corrected chi connectivity index (χ0v) is 8.44. The van der Waals surface area contributed by atoms with Crippen molar-refractivity contribution in [2.24, 2.45) is 0 Å². The van der Waals surface area contributed by atoms with Crippen LogP contribution in [-0.4, -0.2) is 14.8 Å². The number of hydrogen-bond acceptors (Lipinski definition) is 2. The summed E-state index contributed by atoms with van der Waals surface area (Å²) < 4.78 is 1.93. The molecule has 0 spiro atoms. The molecular weight excluding hydrogens is 174 g/mol. The van der Waals surface area contributed by atoms with E-state index in [1.165, 1.54) is 5.56 Å². The number of aromatic nitrogens is 3. The molecule has 0 N–H and O–H groups in total. The molecule has 2 rings (SSSR count). The van der Waals surface area contributed by atoms with Crippen molar-refractivity contribution in [1.29, 1.82) is 0 Å². The summed E-state index contributed by atoms with van der Waals surface area (Å²) in [6, 6.07) is 6.05. The molecule has 0 unspecified atom stereocenters. The van der Waals surface area contributed by atoms with Crippen molar-refractivity contribution in [1.82, 2.24) is 14.8 Å². The van der Waals surface area contributed by atoms with Crippen LogP contribution in [0, 0.1) is 13.8 Å². The van der Waals surface area contributed by atoms with Crippen molar-refractivity contribution in [3.63, 3.8) is 0 Å². The van der Waals surface area contributed by atoms with Gasteiger partial charge in [0.1, 0.15) is 0 Å². The maximum absolute atomic E-state index is 4.34. The number of rotatable bonds is 2. The molecule has 2 heterocycles. The third-order valence-corrected chi connectivity index (χ3v) is 2.22. The maximum atomic E-state index is 4.34. The molecule has 0 saturated carbocycles. The summed E-state index contributed by atoms with van der Waals surface area (Å²) >= 11 is 0. The highest BCUT2D eigenvalue weighted by Gasteiger charge is 1.99. The number of pyridine rings is 1. The highest BCUT2D eigenvalue weighted by molar-refractivity contribution is 5.18. The molecule has 0 aromatic carbocycles. The maximum Gasteiger partial charge on any atom is 0.0677 e. The average molecular weight is 187 g/mol. The predicted molar refractivity (Wildman–Crippen MR) is 55.0 cm³/mol. The molecule has 0 atom stereocenters. The Morgan fingerprint density at radius 3 is 2.79 bits per heavy atom. The molecule has 0 bridgehead atoms. The lowest BCUT2D eigenvalue weighted by Crippen LogP contribution is -2.03.